The molecule has 160 valence electrons. The van der Waals surface area contributed by atoms with Gasteiger partial charge in [-0.2, -0.15) is 0 Å². The molecular weight excluding hydrogens is 391 g/mol. The standard InChI is InChI=1S/C27H27FO3/c1-2-5-27(29)31-25-13-11-24(12-14-25)30-18-22-17-23(28)10-15-26(22)21-9-8-19-6-3-4-7-20(19)16-21/h8-17H,2-7,18H2,1H3. The molecule has 0 atom stereocenters. The van der Waals surface area contributed by atoms with Gasteiger partial charge in [-0.1, -0.05) is 31.2 Å². The average Bonchev–Trinajstić information content (AvgIpc) is 2.78. The summed E-state index contributed by atoms with van der Waals surface area (Å²) in [5.41, 5.74) is 5.70. The molecule has 0 aromatic heterocycles. The van der Waals surface area contributed by atoms with Gasteiger partial charge in [-0.3, -0.25) is 4.79 Å². The van der Waals surface area contributed by atoms with Gasteiger partial charge >= 0.3 is 5.97 Å². The summed E-state index contributed by atoms with van der Waals surface area (Å²) in [5, 5.41) is 0. The van der Waals surface area contributed by atoms with Gasteiger partial charge in [0.2, 0.25) is 0 Å². The van der Waals surface area contributed by atoms with E-state index >= 15 is 0 Å². The van der Waals surface area contributed by atoms with Gasteiger partial charge < -0.3 is 9.47 Å². The highest BCUT2D eigenvalue weighted by atomic mass is 19.1. The minimum Gasteiger partial charge on any atom is -0.489 e. The fraction of sp³-hybridized carbons (Fsp3) is 0.296. The zero-order valence-electron chi connectivity index (χ0n) is 17.8. The van der Waals surface area contributed by atoms with Crippen LogP contribution in [0.5, 0.6) is 11.5 Å². The number of esters is 1. The largest absolute Gasteiger partial charge is 0.489 e. The zero-order valence-corrected chi connectivity index (χ0v) is 17.8. The predicted octanol–water partition coefficient (Wildman–Crippen LogP) is 6.66. The summed E-state index contributed by atoms with van der Waals surface area (Å²) in [6.07, 6.45) is 5.85. The molecule has 4 rings (SSSR count). The first-order valence-electron chi connectivity index (χ1n) is 11.0. The highest BCUT2D eigenvalue weighted by Crippen LogP contribution is 2.31. The lowest BCUT2D eigenvalue weighted by Crippen LogP contribution is -2.06. The van der Waals surface area contributed by atoms with Gasteiger partial charge in [0.25, 0.3) is 0 Å². The Balaban J connectivity index is 1.49. The van der Waals surface area contributed by atoms with E-state index in [1.807, 2.05) is 13.0 Å². The van der Waals surface area contributed by atoms with E-state index in [9.17, 15) is 9.18 Å². The van der Waals surface area contributed by atoms with Crippen LogP contribution < -0.4 is 9.47 Å². The third-order valence-electron chi connectivity index (χ3n) is 5.63. The molecule has 0 N–H and O–H groups in total. The fourth-order valence-electron chi connectivity index (χ4n) is 4.02. The van der Waals surface area contributed by atoms with Crippen molar-refractivity contribution in [1.29, 1.82) is 0 Å². The second-order valence-corrected chi connectivity index (χ2v) is 7.98. The molecule has 31 heavy (non-hydrogen) atoms. The van der Waals surface area contributed by atoms with Gasteiger partial charge in [0.05, 0.1) is 0 Å². The molecule has 0 amide bonds. The van der Waals surface area contributed by atoms with Gasteiger partial charge in [0.15, 0.2) is 0 Å². The van der Waals surface area contributed by atoms with Crippen molar-refractivity contribution in [3.05, 3.63) is 83.2 Å². The molecule has 0 bridgehead atoms. The lowest BCUT2D eigenvalue weighted by atomic mass is 9.88. The number of aryl methyl sites for hydroxylation is 2. The van der Waals surface area contributed by atoms with E-state index in [1.165, 1.54) is 36.1 Å². The Morgan fingerprint density at radius 3 is 2.42 bits per heavy atom. The molecule has 0 aliphatic heterocycles. The van der Waals surface area contributed by atoms with Crippen molar-refractivity contribution in [3.63, 3.8) is 0 Å². The lowest BCUT2D eigenvalue weighted by molar-refractivity contribution is -0.134. The van der Waals surface area contributed by atoms with Crippen LogP contribution in [0.4, 0.5) is 4.39 Å². The Kier molecular flexibility index (Phi) is 6.66. The minimum absolute atomic E-state index is 0.245. The van der Waals surface area contributed by atoms with Crippen LogP contribution in [0.1, 0.15) is 49.3 Å². The summed E-state index contributed by atoms with van der Waals surface area (Å²) < 4.78 is 25.2. The number of carbonyl (C=O) groups is 1. The third-order valence-corrected chi connectivity index (χ3v) is 5.63. The number of halogens is 1. The Bertz CT molecular complexity index is 1060. The number of benzene rings is 3. The Hall–Kier alpha value is -3.14. The number of rotatable bonds is 7. The van der Waals surface area contributed by atoms with Gasteiger partial charge in [-0.25, -0.2) is 4.39 Å². The maximum absolute atomic E-state index is 14.0. The van der Waals surface area contributed by atoms with Crippen molar-refractivity contribution in [3.8, 4) is 22.6 Å². The summed E-state index contributed by atoms with van der Waals surface area (Å²) in [6, 6.07) is 18.4. The van der Waals surface area contributed by atoms with Crippen molar-refractivity contribution in [2.24, 2.45) is 0 Å². The number of hydrogen-bond donors (Lipinski definition) is 0. The third kappa shape index (κ3) is 5.32. The Labute approximate surface area is 182 Å². The van der Waals surface area contributed by atoms with E-state index in [-0.39, 0.29) is 18.4 Å². The molecule has 0 heterocycles. The van der Waals surface area contributed by atoms with Crippen LogP contribution in [0.25, 0.3) is 11.1 Å². The smallest absolute Gasteiger partial charge is 0.311 e. The van der Waals surface area contributed by atoms with Crippen molar-refractivity contribution in [2.45, 2.75) is 52.1 Å². The molecule has 1 aliphatic carbocycles. The van der Waals surface area contributed by atoms with E-state index in [4.69, 9.17) is 9.47 Å². The molecule has 3 aromatic rings. The molecular formula is C27H27FO3. The number of hydrogen-bond acceptors (Lipinski definition) is 3. The first-order chi connectivity index (χ1) is 15.1. The van der Waals surface area contributed by atoms with Crippen LogP contribution >= 0.6 is 0 Å². The first kappa shape index (κ1) is 21.1. The SMILES string of the molecule is CCCC(=O)Oc1ccc(OCc2cc(F)ccc2-c2ccc3c(c2)CCCC3)cc1. The normalized spacial score (nSPS) is 12.8. The number of ether oxygens (including phenoxy) is 2. The van der Waals surface area contributed by atoms with Crippen LogP contribution in [0.3, 0.4) is 0 Å². The topological polar surface area (TPSA) is 35.5 Å². The van der Waals surface area contributed by atoms with Crippen LogP contribution in [0.15, 0.2) is 60.7 Å². The van der Waals surface area contributed by atoms with Gasteiger partial charge in [-0.05, 0) is 96.3 Å². The molecule has 1 aliphatic rings. The Morgan fingerprint density at radius 2 is 1.65 bits per heavy atom. The maximum Gasteiger partial charge on any atom is 0.311 e. The van der Waals surface area contributed by atoms with E-state index in [1.54, 1.807) is 24.3 Å². The molecule has 0 saturated carbocycles. The highest BCUT2D eigenvalue weighted by molar-refractivity contribution is 5.72. The second kappa shape index (κ2) is 9.78. The average molecular weight is 419 g/mol. The van der Waals surface area contributed by atoms with Crippen molar-refractivity contribution in [1.82, 2.24) is 0 Å². The lowest BCUT2D eigenvalue weighted by Gasteiger charge is -2.18. The minimum atomic E-state index is -0.279. The molecule has 4 heteroatoms. The second-order valence-electron chi connectivity index (χ2n) is 7.98. The molecule has 0 radical (unpaired) electrons. The van der Waals surface area contributed by atoms with E-state index in [2.05, 4.69) is 18.2 Å². The maximum atomic E-state index is 14.0. The summed E-state index contributed by atoms with van der Waals surface area (Å²) >= 11 is 0. The summed E-state index contributed by atoms with van der Waals surface area (Å²) in [6.45, 7) is 2.18. The van der Waals surface area contributed by atoms with Gasteiger partial charge in [-0.15, -0.1) is 0 Å². The van der Waals surface area contributed by atoms with E-state index < -0.39 is 0 Å². The van der Waals surface area contributed by atoms with Crippen LogP contribution in [-0.4, -0.2) is 5.97 Å². The number of carbonyl (C=O) groups excluding carboxylic acids is 1. The summed E-state index contributed by atoms with van der Waals surface area (Å²) in [4.78, 5) is 11.6. The molecule has 3 aromatic carbocycles. The van der Waals surface area contributed by atoms with Crippen molar-refractivity contribution < 1.29 is 18.7 Å². The molecule has 0 saturated heterocycles. The molecule has 3 nitrogen and oxygen atoms in total. The van der Waals surface area contributed by atoms with Gasteiger partial charge in [0, 0.05) is 6.42 Å². The summed E-state index contributed by atoms with van der Waals surface area (Å²) in [5.74, 6) is 0.603. The first-order valence-corrected chi connectivity index (χ1v) is 11.0. The molecule has 0 spiro atoms. The van der Waals surface area contributed by atoms with E-state index in [0.29, 0.717) is 17.9 Å². The van der Waals surface area contributed by atoms with Crippen LogP contribution in [-0.2, 0) is 24.2 Å². The zero-order chi connectivity index (χ0) is 21.6. The molecule has 0 fully saturated rings. The van der Waals surface area contributed by atoms with Crippen LogP contribution in [0.2, 0.25) is 0 Å². The monoisotopic (exact) mass is 418 g/mol. The van der Waals surface area contributed by atoms with Crippen LogP contribution in [0, 0.1) is 5.82 Å². The highest BCUT2D eigenvalue weighted by Gasteiger charge is 2.13. The van der Waals surface area contributed by atoms with Gasteiger partial charge in [0.1, 0.15) is 23.9 Å². The Morgan fingerprint density at radius 1 is 0.903 bits per heavy atom. The number of fused-ring (bicyclic) bond motifs is 1. The quantitative estimate of drug-likeness (QED) is 0.318. The fourth-order valence-corrected chi connectivity index (χ4v) is 4.02. The van der Waals surface area contributed by atoms with Crippen molar-refractivity contribution >= 4 is 5.97 Å². The predicted molar refractivity (Wildman–Crippen MR) is 120 cm³/mol. The van der Waals surface area contributed by atoms with E-state index in [0.717, 1.165) is 36.0 Å². The van der Waals surface area contributed by atoms with Crippen molar-refractivity contribution in [2.75, 3.05) is 0 Å². The summed E-state index contributed by atoms with van der Waals surface area (Å²) in [7, 11) is 0. The molecule has 0 unspecified atom stereocenters.